The first-order valence-electron chi connectivity index (χ1n) is 13.2. The number of hydrogen-bond acceptors (Lipinski definition) is 7. The minimum Gasteiger partial charge on any atom is -0.497 e. The maximum absolute atomic E-state index is 15.3. The number of aryl methyl sites for hydroxylation is 1. The van der Waals surface area contributed by atoms with Crippen LogP contribution in [-0.2, 0) is 9.53 Å². The molecular formula is C29H27F4N3O7. The highest BCUT2D eigenvalue weighted by atomic mass is 19.3. The third-order valence-corrected chi connectivity index (χ3v) is 7.55. The molecule has 3 aromatic rings. The fourth-order valence-electron chi connectivity index (χ4n) is 5.42. The number of amides is 2. The Morgan fingerprint density at radius 3 is 2.33 bits per heavy atom. The molecule has 2 fully saturated rings. The molecule has 4 atom stereocenters. The minimum atomic E-state index is -3.08. The molecule has 3 heterocycles. The van der Waals surface area contributed by atoms with Crippen molar-refractivity contribution in [1.29, 1.82) is 0 Å². The van der Waals surface area contributed by atoms with Crippen LogP contribution in [0.25, 0.3) is 0 Å². The zero-order valence-corrected chi connectivity index (χ0v) is 22.9. The molecule has 2 aliphatic heterocycles. The first kappa shape index (κ1) is 30.0. The van der Waals surface area contributed by atoms with Crippen LogP contribution in [0.3, 0.4) is 0 Å². The van der Waals surface area contributed by atoms with E-state index in [0.717, 1.165) is 29.2 Å². The van der Waals surface area contributed by atoms with Crippen LogP contribution in [0, 0.1) is 18.6 Å². The van der Waals surface area contributed by atoms with Gasteiger partial charge in [0.2, 0.25) is 5.91 Å². The first-order valence-corrected chi connectivity index (χ1v) is 13.2. The maximum Gasteiger partial charge on any atom is 0.387 e. The van der Waals surface area contributed by atoms with Crippen molar-refractivity contribution in [3.8, 4) is 11.5 Å². The quantitative estimate of drug-likeness (QED) is 0.379. The van der Waals surface area contributed by atoms with Gasteiger partial charge < -0.3 is 34.1 Å². The van der Waals surface area contributed by atoms with E-state index < -0.39 is 65.3 Å². The van der Waals surface area contributed by atoms with Crippen LogP contribution in [0.15, 0.2) is 53.5 Å². The lowest BCUT2D eigenvalue weighted by atomic mass is 9.92. The molecule has 5 rings (SSSR count). The predicted octanol–water partition coefficient (Wildman–Crippen LogP) is 2.91. The smallest absolute Gasteiger partial charge is 0.387 e. The molecule has 2 aromatic carbocycles. The number of aliphatic hydroxyl groups is 1. The van der Waals surface area contributed by atoms with Crippen molar-refractivity contribution in [2.24, 2.45) is 0 Å². The number of hydrogen-bond donors (Lipinski definition) is 2. The van der Waals surface area contributed by atoms with Gasteiger partial charge in [0.15, 0.2) is 0 Å². The van der Waals surface area contributed by atoms with Crippen LogP contribution in [0.2, 0.25) is 0 Å². The number of carbonyl (C=O) groups excluding carboxylic acids is 2. The summed E-state index contributed by atoms with van der Waals surface area (Å²) in [6, 6.07) is 5.81. The van der Waals surface area contributed by atoms with E-state index >= 15 is 8.78 Å². The van der Waals surface area contributed by atoms with Gasteiger partial charge in [0.05, 0.1) is 26.4 Å². The molecule has 2 saturated heterocycles. The summed E-state index contributed by atoms with van der Waals surface area (Å²) in [6.45, 7) is -1.80. The molecular weight excluding hydrogens is 578 g/mol. The molecule has 228 valence electrons. The second kappa shape index (κ2) is 12.1. The fourth-order valence-corrected chi connectivity index (χ4v) is 5.42. The summed E-state index contributed by atoms with van der Waals surface area (Å²) in [4.78, 5) is 41.8. The van der Waals surface area contributed by atoms with Crippen LogP contribution in [-0.4, -0.2) is 67.1 Å². The summed E-state index contributed by atoms with van der Waals surface area (Å²) in [5.41, 5.74) is -0.902. The van der Waals surface area contributed by atoms with E-state index in [1.54, 1.807) is 13.0 Å². The van der Waals surface area contributed by atoms with Gasteiger partial charge in [0.1, 0.15) is 41.0 Å². The van der Waals surface area contributed by atoms with Gasteiger partial charge in [-0.2, -0.15) is 8.78 Å². The van der Waals surface area contributed by atoms with Gasteiger partial charge in [-0.3, -0.25) is 14.4 Å². The fraction of sp³-hybridized carbons (Fsp3) is 0.345. The van der Waals surface area contributed by atoms with Gasteiger partial charge >= 0.3 is 6.61 Å². The highest BCUT2D eigenvalue weighted by Gasteiger charge is 2.46. The van der Waals surface area contributed by atoms with Crippen molar-refractivity contribution in [2.45, 2.75) is 37.6 Å². The molecule has 10 nitrogen and oxygen atoms in total. The molecule has 1 unspecified atom stereocenters. The van der Waals surface area contributed by atoms with E-state index in [-0.39, 0.29) is 42.5 Å². The lowest BCUT2D eigenvalue weighted by molar-refractivity contribution is -0.118. The Labute approximate surface area is 242 Å². The zero-order valence-electron chi connectivity index (χ0n) is 22.9. The van der Waals surface area contributed by atoms with E-state index in [0.29, 0.717) is 5.56 Å². The number of pyridine rings is 1. The molecule has 43 heavy (non-hydrogen) atoms. The van der Waals surface area contributed by atoms with Gasteiger partial charge in [-0.25, -0.2) is 8.78 Å². The summed E-state index contributed by atoms with van der Waals surface area (Å²) < 4.78 is 71.4. The number of nitrogens with one attached hydrogen (secondary N) is 1. The number of alkyl halides is 2. The summed E-state index contributed by atoms with van der Waals surface area (Å²) in [7, 11) is 1.23. The number of methoxy groups -OCH3 is 1. The van der Waals surface area contributed by atoms with Crippen LogP contribution in [0.4, 0.5) is 23.2 Å². The first-order chi connectivity index (χ1) is 20.5. The van der Waals surface area contributed by atoms with Crippen LogP contribution >= 0.6 is 0 Å². The number of aromatic nitrogens is 1. The lowest BCUT2D eigenvalue weighted by Crippen LogP contribution is -2.45. The normalized spacial score (nSPS) is 21.9. The van der Waals surface area contributed by atoms with Gasteiger partial charge in [0, 0.05) is 41.9 Å². The third kappa shape index (κ3) is 5.79. The Balaban J connectivity index is 1.54. The van der Waals surface area contributed by atoms with E-state index in [2.05, 4.69) is 10.1 Å². The van der Waals surface area contributed by atoms with Crippen molar-refractivity contribution in [3.05, 3.63) is 87.3 Å². The number of halogens is 4. The summed E-state index contributed by atoms with van der Waals surface area (Å²) in [6.07, 6.45) is 0.493. The predicted molar refractivity (Wildman–Crippen MR) is 144 cm³/mol. The highest BCUT2D eigenvalue weighted by molar-refractivity contribution is 6.05. The molecule has 2 N–H and O–H groups in total. The van der Waals surface area contributed by atoms with Crippen molar-refractivity contribution >= 4 is 17.5 Å². The average Bonchev–Trinajstić information content (AvgIpc) is 3.51. The van der Waals surface area contributed by atoms with Crippen LogP contribution in [0.1, 0.15) is 33.4 Å². The van der Waals surface area contributed by atoms with E-state index in [1.165, 1.54) is 30.0 Å². The number of carbonyl (C=O) groups is 2. The number of ether oxygens (including phenoxy) is 3. The molecule has 0 spiro atoms. The zero-order chi connectivity index (χ0) is 31.0. The topological polar surface area (TPSA) is 119 Å². The van der Waals surface area contributed by atoms with Crippen molar-refractivity contribution < 1.29 is 46.5 Å². The van der Waals surface area contributed by atoms with Crippen LogP contribution in [0.5, 0.6) is 11.5 Å². The molecule has 2 aliphatic rings. The Morgan fingerprint density at radius 2 is 1.74 bits per heavy atom. The Bertz CT molecular complexity index is 1570. The molecule has 0 radical (unpaired) electrons. The van der Waals surface area contributed by atoms with Gasteiger partial charge in [-0.05, 0) is 42.8 Å². The van der Waals surface area contributed by atoms with Crippen molar-refractivity contribution in [3.63, 3.8) is 0 Å². The molecule has 14 heteroatoms. The van der Waals surface area contributed by atoms with Crippen molar-refractivity contribution in [1.82, 2.24) is 9.88 Å². The van der Waals surface area contributed by atoms with Gasteiger partial charge in [0.25, 0.3) is 11.5 Å². The average molecular weight is 606 g/mol. The second-order valence-corrected chi connectivity index (χ2v) is 10.1. The highest BCUT2D eigenvalue weighted by Crippen LogP contribution is 2.37. The largest absolute Gasteiger partial charge is 0.497 e. The molecule has 0 bridgehead atoms. The summed E-state index contributed by atoms with van der Waals surface area (Å²) in [5.74, 6) is -5.32. The number of benzene rings is 2. The Hall–Kier alpha value is -4.43. The molecule has 0 aliphatic carbocycles. The third-order valence-electron chi connectivity index (χ3n) is 7.55. The number of aliphatic hydroxyl groups excluding tert-OH is 1. The maximum atomic E-state index is 15.3. The minimum absolute atomic E-state index is 0.0183. The Kier molecular flexibility index (Phi) is 8.42. The monoisotopic (exact) mass is 605 g/mol. The standard InChI is InChI=1S/C29H27F4N3O7/c1-14-7-8-35(21-12-42-13-22(21)37)28(40)25(14)36-11-18(23-19(30)9-17(41-2)10-20(23)31)24(27(36)39)34-26(38)15-3-5-16(6-4-15)43-29(32)33/h3-10,18,21-22,24,29,37H,11-13H2,1-2H3,(H,34,38)/t18-,21-,22-,24?/m0/s1. The van der Waals surface area contributed by atoms with E-state index in [1.807, 2.05) is 0 Å². The molecule has 0 saturated carbocycles. The SMILES string of the molecule is COc1cc(F)c([C@@H]2CN(c3c(C)ccn([C@H]4COC[C@@H]4O)c3=O)C(=O)C2NC(=O)c2ccc(OC(F)F)cc2)c(F)c1. The van der Waals surface area contributed by atoms with E-state index in [9.17, 15) is 28.3 Å². The molecule has 2 amide bonds. The molecule has 1 aromatic heterocycles. The van der Waals surface area contributed by atoms with Crippen molar-refractivity contribution in [2.75, 3.05) is 31.8 Å². The van der Waals surface area contributed by atoms with Gasteiger partial charge in [-0.15, -0.1) is 0 Å². The Morgan fingerprint density at radius 1 is 1.07 bits per heavy atom. The summed E-state index contributed by atoms with van der Waals surface area (Å²) in [5, 5.41) is 12.8. The number of anilines is 1. The second-order valence-electron chi connectivity index (χ2n) is 10.1. The van der Waals surface area contributed by atoms with E-state index in [4.69, 9.17) is 9.47 Å². The summed E-state index contributed by atoms with van der Waals surface area (Å²) >= 11 is 0. The lowest BCUT2D eigenvalue weighted by Gasteiger charge is -2.22. The number of nitrogens with zero attached hydrogens (tertiary/aromatic N) is 2. The van der Waals surface area contributed by atoms with Gasteiger partial charge in [-0.1, -0.05) is 0 Å². The number of rotatable bonds is 8. The van der Waals surface area contributed by atoms with Crippen LogP contribution < -0.4 is 25.2 Å².